The standard InChI is InChI=1S/C38H42N4O7S/c1-27-10-20-34(21-11-27)50(46,47)49-33-18-12-29(13-19-33)24-35(39-38(45)48-26-30-8-6-5-7-9-30)37(44)41-22-23-42(28(2)25-41)36(43)31-14-16-32(17-15-31)40(3)4/h5-21,28,35H,22-26H2,1-4H3,(H,39,45)/t28-,35-/m0/s1. The minimum atomic E-state index is -4.04. The summed E-state index contributed by atoms with van der Waals surface area (Å²) in [5.74, 6) is -0.322. The molecule has 4 aromatic rings. The van der Waals surface area contributed by atoms with Gasteiger partial charge in [-0.2, -0.15) is 8.42 Å². The first-order valence-corrected chi connectivity index (χ1v) is 17.7. The van der Waals surface area contributed by atoms with E-state index in [1.165, 1.54) is 24.3 Å². The molecule has 50 heavy (non-hydrogen) atoms. The van der Waals surface area contributed by atoms with Crippen LogP contribution in [0, 0.1) is 6.92 Å². The van der Waals surface area contributed by atoms with E-state index in [4.69, 9.17) is 8.92 Å². The van der Waals surface area contributed by atoms with Gasteiger partial charge in [0.25, 0.3) is 5.91 Å². The molecular formula is C38H42N4O7S. The Hall–Kier alpha value is -5.36. The fourth-order valence-corrected chi connectivity index (χ4v) is 6.58. The molecule has 1 N–H and O–H groups in total. The molecule has 0 aromatic heterocycles. The van der Waals surface area contributed by atoms with Crippen molar-refractivity contribution in [2.24, 2.45) is 0 Å². The van der Waals surface area contributed by atoms with Crippen LogP contribution in [-0.2, 0) is 32.7 Å². The van der Waals surface area contributed by atoms with Gasteiger partial charge in [-0.25, -0.2) is 4.79 Å². The predicted octanol–water partition coefficient (Wildman–Crippen LogP) is 5.04. The fraction of sp³-hybridized carbons (Fsp3) is 0.289. The third kappa shape index (κ3) is 9.20. The Morgan fingerprint density at radius 1 is 0.860 bits per heavy atom. The first kappa shape index (κ1) is 35.9. The molecule has 1 aliphatic heterocycles. The molecule has 1 fully saturated rings. The molecule has 4 aromatic carbocycles. The Morgan fingerprint density at radius 2 is 1.52 bits per heavy atom. The smallest absolute Gasteiger partial charge is 0.408 e. The SMILES string of the molecule is Cc1ccc(S(=O)(=O)Oc2ccc(C[C@H](NC(=O)OCc3ccccc3)C(=O)N3CCN(C(=O)c4ccc(N(C)C)cc4)[C@@H](C)C3)cc2)cc1. The summed E-state index contributed by atoms with van der Waals surface area (Å²) in [6.07, 6.45) is -0.643. The Labute approximate surface area is 293 Å². The highest BCUT2D eigenvalue weighted by atomic mass is 32.2. The van der Waals surface area contributed by atoms with Crippen molar-refractivity contribution in [1.82, 2.24) is 15.1 Å². The molecule has 0 saturated carbocycles. The molecular weight excluding hydrogens is 657 g/mol. The number of hydrogen-bond donors (Lipinski definition) is 1. The van der Waals surface area contributed by atoms with Crippen LogP contribution in [0.2, 0.25) is 0 Å². The second kappa shape index (κ2) is 15.9. The highest BCUT2D eigenvalue weighted by Crippen LogP contribution is 2.22. The molecule has 0 spiro atoms. The van der Waals surface area contributed by atoms with Crippen molar-refractivity contribution in [3.05, 3.63) is 125 Å². The van der Waals surface area contributed by atoms with Crippen LogP contribution in [0.15, 0.2) is 108 Å². The van der Waals surface area contributed by atoms with Crippen molar-refractivity contribution in [3.63, 3.8) is 0 Å². The second-order valence-corrected chi connectivity index (χ2v) is 14.1. The van der Waals surface area contributed by atoms with Crippen LogP contribution >= 0.6 is 0 Å². The molecule has 0 unspecified atom stereocenters. The maximum atomic E-state index is 14.0. The second-order valence-electron chi connectivity index (χ2n) is 12.5. The lowest BCUT2D eigenvalue weighted by atomic mass is 10.0. The normalized spacial score (nSPS) is 15.2. The van der Waals surface area contributed by atoms with E-state index < -0.39 is 22.3 Å². The average molecular weight is 699 g/mol. The van der Waals surface area contributed by atoms with Gasteiger partial charge in [0.15, 0.2) is 0 Å². The van der Waals surface area contributed by atoms with Gasteiger partial charge in [0.05, 0.1) is 0 Å². The van der Waals surface area contributed by atoms with E-state index in [1.54, 1.807) is 46.2 Å². The van der Waals surface area contributed by atoms with Gasteiger partial charge in [-0.05, 0) is 73.5 Å². The summed E-state index contributed by atoms with van der Waals surface area (Å²) in [6.45, 7) is 4.68. The van der Waals surface area contributed by atoms with Crippen LogP contribution in [0.3, 0.4) is 0 Å². The number of carbonyl (C=O) groups is 3. The quantitative estimate of drug-likeness (QED) is 0.216. The number of anilines is 1. The summed E-state index contributed by atoms with van der Waals surface area (Å²) in [4.78, 5) is 45.7. The number of benzene rings is 4. The van der Waals surface area contributed by atoms with E-state index in [-0.39, 0.29) is 54.6 Å². The van der Waals surface area contributed by atoms with Gasteiger partial charge >= 0.3 is 16.2 Å². The topological polar surface area (TPSA) is 126 Å². The zero-order chi connectivity index (χ0) is 35.8. The van der Waals surface area contributed by atoms with Crippen molar-refractivity contribution in [1.29, 1.82) is 0 Å². The van der Waals surface area contributed by atoms with E-state index in [1.807, 2.05) is 75.3 Å². The maximum Gasteiger partial charge on any atom is 0.408 e. The average Bonchev–Trinajstić information content (AvgIpc) is 3.11. The van der Waals surface area contributed by atoms with Crippen LogP contribution in [0.5, 0.6) is 5.75 Å². The minimum Gasteiger partial charge on any atom is -0.445 e. The zero-order valence-electron chi connectivity index (χ0n) is 28.6. The number of alkyl carbamates (subject to hydrolysis) is 1. The first-order valence-electron chi connectivity index (χ1n) is 16.3. The lowest BCUT2D eigenvalue weighted by Gasteiger charge is -2.41. The van der Waals surface area contributed by atoms with Crippen molar-refractivity contribution < 1.29 is 31.7 Å². The zero-order valence-corrected chi connectivity index (χ0v) is 29.4. The predicted molar refractivity (Wildman–Crippen MR) is 191 cm³/mol. The number of rotatable bonds is 11. The maximum absolute atomic E-state index is 14.0. The number of amides is 3. The summed E-state index contributed by atoms with van der Waals surface area (Å²) in [6, 6.07) is 28.0. The lowest BCUT2D eigenvalue weighted by molar-refractivity contribution is -0.135. The molecule has 0 aliphatic carbocycles. The summed E-state index contributed by atoms with van der Waals surface area (Å²) >= 11 is 0. The largest absolute Gasteiger partial charge is 0.445 e. The van der Waals surface area contributed by atoms with E-state index in [2.05, 4.69) is 5.32 Å². The van der Waals surface area contributed by atoms with Gasteiger partial charge in [0.2, 0.25) is 5.91 Å². The van der Waals surface area contributed by atoms with E-state index in [0.29, 0.717) is 17.7 Å². The number of hydrogen-bond acceptors (Lipinski definition) is 8. The van der Waals surface area contributed by atoms with Gasteiger partial charge in [-0.3, -0.25) is 9.59 Å². The van der Waals surface area contributed by atoms with Crippen molar-refractivity contribution in [3.8, 4) is 5.75 Å². The highest BCUT2D eigenvalue weighted by molar-refractivity contribution is 7.87. The Bertz CT molecular complexity index is 1880. The van der Waals surface area contributed by atoms with Crippen molar-refractivity contribution >= 4 is 33.7 Å². The number of nitrogens with one attached hydrogen (secondary N) is 1. The molecule has 2 atom stereocenters. The summed E-state index contributed by atoms with van der Waals surface area (Å²) in [5.41, 5.74) is 3.94. The number of ether oxygens (including phenoxy) is 1. The van der Waals surface area contributed by atoms with Crippen LogP contribution < -0.4 is 14.4 Å². The monoisotopic (exact) mass is 698 g/mol. The molecule has 0 radical (unpaired) electrons. The molecule has 5 rings (SSSR count). The van der Waals surface area contributed by atoms with Gasteiger partial charge < -0.3 is 28.9 Å². The Morgan fingerprint density at radius 3 is 2.14 bits per heavy atom. The summed E-state index contributed by atoms with van der Waals surface area (Å²) in [5, 5.41) is 2.74. The molecule has 0 bridgehead atoms. The third-order valence-electron chi connectivity index (χ3n) is 8.51. The van der Waals surface area contributed by atoms with Gasteiger partial charge in [-0.15, -0.1) is 0 Å². The van der Waals surface area contributed by atoms with Crippen LogP contribution in [0.1, 0.15) is 34.0 Å². The van der Waals surface area contributed by atoms with Gasteiger partial charge in [-0.1, -0.05) is 60.2 Å². The molecule has 262 valence electrons. The molecule has 1 aliphatic rings. The fourth-order valence-electron chi connectivity index (χ4n) is 5.65. The van der Waals surface area contributed by atoms with E-state index in [9.17, 15) is 22.8 Å². The lowest BCUT2D eigenvalue weighted by Crippen LogP contribution is -2.59. The number of carbonyl (C=O) groups excluding carboxylic acids is 3. The van der Waals surface area contributed by atoms with E-state index in [0.717, 1.165) is 16.8 Å². The Balaban J connectivity index is 1.27. The number of aryl methyl sites for hydroxylation is 1. The van der Waals surface area contributed by atoms with Crippen LogP contribution in [-0.4, -0.2) is 81.9 Å². The van der Waals surface area contributed by atoms with E-state index >= 15 is 0 Å². The van der Waals surface area contributed by atoms with Crippen molar-refractivity contribution in [2.75, 3.05) is 38.6 Å². The highest BCUT2D eigenvalue weighted by Gasteiger charge is 2.34. The third-order valence-corrected chi connectivity index (χ3v) is 9.77. The van der Waals surface area contributed by atoms with Gasteiger partial charge in [0, 0.05) is 57.4 Å². The minimum absolute atomic E-state index is 0.0302. The summed E-state index contributed by atoms with van der Waals surface area (Å²) < 4.78 is 36.3. The van der Waals surface area contributed by atoms with Gasteiger partial charge in [0.1, 0.15) is 23.3 Å². The molecule has 1 saturated heterocycles. The number of piperazine rings is 1. The molecule has 12 heteroatoms. The molecule has 1 heterocycles. The van der Waals surface area contributed by atoms with Crippen LogP contribution in [0.25, 0.3) is 0 Å². The summed E-state index contributed by atoms with van der Waals surface area (Å²) in [7, 11) is -0.173. The Kier molecular flexibility index (Phi) is 11.4. The number of nitrogens with zero attached hydrogens (tertiary/aromatic N) is 3. The molecule has 3 amide bonds. The van der Waals surface area contributed by atoms with Crippen molar-refractivity contribution in [2.45, 2.75) is 43.9 Å². The first-order chi connectivity index (χ1) is 23.9. The van der Waals surface area contributed by atoms with Crippen LogP contribution in [0.4, 0.5) is 10.5 Å². The molecule has 11 nitrogen and oxygen atoms in total.